The molecular weight excluding hydrogens is 224 g/mol. The topological polar surface area (TPSA) is 32.3 Å². The van der Waals surface area contributed by atoms with Crippen molar-refractivity contribution in [1.82, 2.24) is 10.2 Å². The summed E-state index contributed by atoms with van der Waals surface area (Å²) in [7, 11) is 1.99. The molecule has 1 aliphatic heterocycles. The minimum absolute atomic E-state index is 0.114. The molecule has 0 aromatic carbocycles. The molecule has 3 nitrogen and oxygen atoms in total. The minimum Gasteiger partial charge on any atom is -0.344 e. The largest absolute Gasteiger partial charge is 0.344 e. The minimum atomic E-state index is 0.114. The van der Waals surface area contributed by atoms with Gasteiger partial charge in [0.25, 0.3) is 0 Å². The van der Waals surface area contributed by atoms with Crippen LogP contribution in [0.25, 0.3) is 0 Å². The fourth-order valence-electron chi connectivity index (χ4n) is 3.93. The second-order valence-corrected chi connectivity index (χ2v) is 6.62. The molecule has 3 unspecified atom stereocenters. The zero-order chi connectivity index (χ0) is 12.5. The molecule has 3 fully saturated rings. The smallest absolute Gasteiger partial charge is 0.239 e. The maximum atomic E-state index is 12.4. The summed E-state index contributed by atoms with van der Waals surface area (Å²) >= 11 is 0. The number of carbonyl (C=O) groups is 1. The van der Waals surface area contributed by atoms with Crippen LogP contribution in [-0.2, 0) is 4.79 Å². The van der Waals surface area contributed by atoms with Gasteiger partial charge in [-0.25, -0.2) is 0 Å². The molecule has 3 rings (SSSR count). The number of likely N-dealkylation sites (N-methyl/N-ethyl adjacent to an activating group) is 1. The van der Waals surface area contributed by atoms with Crippen LogP contribution in [0.3, 0.4) is 0 Å². The Morgan fingerprint density at radius 2 is 1.94 bits per heavy atom. The van der Waals surface area contributed by atoms with E-state index in [0.717, 1.165) is 24.8 Å². The summed E-state index contributed by atoms with van der Waals surface area (Å²) in [5.74, 6) is 1.89. The van der Waals surface area contributed by atoms with E-state index >= 15 is 0 Å². The molecule has 1 N–H and O–H groups in total. The highest BCUT2D eigenvalue weighted by Gasteiger charge is 2.39. The number of nitrogens with one attached hydrogen (secondary N) is 1. The van der Waals surface area contributed by atoms with Gasteiger partial charge in [-0.15, -0.1) is 0 Å². The highest BCUT2D eigenvalue weighted by Crippen LogP contribution is 2.34. The van der Waals surface area contributed by atoms with Gasteiger partial charge in [-0.3, -0.25) is 4.79 Å². The van der Waals surface area contributed by atoms with Gasteiger partial charge in [0.05, 0.1) is 6.04 Å². The molecule has 3 aliphatic rings. The predicted octanol–water partition coefficient (Wildman–Crippen LogP) is 2.17. The molecule has 3 atom stereocenters. The van der Waals surface area contributed by atoms with Crippen molar-refractivity contribution in [2.45, 2.75) is 63.5 Å². The molecule has 1 heterocycles. The van der Waals surface area contributed by atoms with Gasteiger partial charge in [-0.2, -0.15) is 0 Å². The number of nitrogens with zero attached hydrogens (tertiary/aromatic N) is 1. The van der Waals surface area contributed by atoms with Gasteiger partial charge in [-0.1, -0.05) is 19.3 Å². The second kappa shape index (κ2) is 5.20. The molecule has 18 heavy (non-hydrogen) atoms. The van der Waals surface area contributed by atoms with E-state index in [2.05, 4.69) is 5.32 Å². The highest BCUT2D eigenvalue weighted by atomic mass is 16.2. The number of amides is 1. The van der Waals surface area contributed by atoms with Crippen LogP contribution in [0.4, 0.5) is 0 Å². The lowest BCUT2D eigenvalue weighted by molar-refractivity contribution is -0.132. The molecule has 0 bridgehead atoms. The quantitative estimate of drug-likeness (QED) is 0.832. The Kier molecular flexibility index (Phi) is 3.60. The van der Waals surface area contributed by atoms with Gasteiger partial charge in [0.1, 0.15) is 0 Å². The molecule has 0 aromatic heterocycles. The van der Waals surface area contributed by atoms with E-state index in [0.29, 0.717) is 11.9 Å². The van der Waals surface area contributed by atoms with Crippen LogP contribution in [0, 0.1) is 11.8 Å². The van der Waals surface area contributed by atoms with Crippen molar-refractivity contribution in [3.63, 3.8) is 0 Å². The SMILES string of the molecule is CN(CC1CCC1)C(=O)C1CC2CCCCC2N1. The Morgan fingerprint density at radius 3 is 2.61 bits per heavy atom. The molecule has 0 spiro atoms. The third kappa shape index (κ3) is 2.42. The normalized spacial score (nSPS) is 35.9. The van der Waals surface area contributed by atoms with Crippen LogP contribution >= 0.6 is 0 Å². The van der Waals surface area contributed by atoms with Crippen LogP contribution in [0.5, 0.6) is 0 Å². The van der Waals surface area contributed by atoms with Gasteiger partial charge in [0.2, 0.25) is 5.91 Å². The van der Waals surface area contributed by atoms with E-state index in [9.17, 15) is 4.79 Å². The van der Waals surface area contributed by atoms with Crippen LogP contribution < -0.4 is 5.32 Å². The van der Waals surface area contributed by atoms with Crippen LogP contribution in [-0.4, -0.2) is 36.5 Å². The van der Waals surface area contributed by atoms with Crippen LogP contribution in [0.15, 0.2) is 0 Å². The van der Waals surface area contributed by atoms with Crippen molar-refractivity contribution in [2.75, 3.05) is 13.6 Å². The van der Waals surface area contributed by atoms with Crippen LogP contribution in [0.1, 0.15) is 51.4 Å². The van der Waals surface area contributed by atoms with E-state index in [1.807, 2.05) is 11.9 Å². The first-order valence-corrected chi connectivity index (χ1v) is 7.75. The van der Waals surface area contributed by atoms with Crippen molar-refractivity contribution in [2.24, 2.45) is 11.8 Å². The highest BCUT2D eigenvalue weighted by molar-refractivity contribution is 5.82. The Labute approximate surface area is 110 Å². The van der Waals surface area contributed by atoms with Gasteiger partial charge in [-0.05, 0) is 43.9 Å². The number of hydrogen-bond acceptors (Lipinski definition) is 2. The van der Waals surface area contributed by atoms with Gasteiger partial charge in [0, 0.05) is 19.6 Å². The number of rotatable bonds is 3. The third-order valence-electron chi connectivity index (χ3n) is 5.29. The van der Waals surface area contributed by atoms with Gasteiger partial charge in [0.15, 0.2) is 0 Å². The zero-order valence-electron chi connectivity index (χ0n) is 11.5. The standard InChI is InChI=1S/C15H26N2O/c1-17(10-11-5-4-6-11)15(18)14-9-12-7-2-3-8-13(12)16-14/h11-14,16H,2-10H2,1H3. The lowest BCUT2D eigenvalue weighted by Crippen LogP contribution is -2.45. The average Bonchev–Trinajstić information content (AvgIpc) is 2.76. The lowest BCUT2D eigenvalue weighted by atomic mass is 9.84. The summed E-state index contributed by atoms with van der Waals surface area (Å²) < 4.78 is 0. The van der Waals surface area contributed by atoms with Crippen LogP contribution in [0.2, 0.25) is 0 Å². The number of hydrogen-bond donors (Lipinski definition) is 1. The van der Waals surface area contributed by atoms with Crippen molar-refractivity contribution >= 4 is 5.91 Å². The van der Waals surface area contributed by atoms with Crippen molar-refractivity contribution in [3.8, 4) is 0 Å². The summed E-state index contributed by atoms with van der Waals surface area (Å²) in [5, 5.41) is 3.59. The maximum Gasteiger partial charge on any atom is 0.239 e. The summed E-state index contributed by atoms with van der Waals surface area (Å²) in [6.07, 6.45) is 10.4. The molecular formula is C15H26N2O. The Balaban J connectivity index is 1.52. The lowest BCUT2D eigenvalue weighted by Gasteiger charge is -2.31. The zero-order valence-corrected chi connectivity index (χ0v) is 11.5. The number of carbonyl (C=O) groups excluding carboxylic acids is 1. The first kappa shape index (κ1) is 12.5. The van der Waals surface area contributed by atoms with E-state index in [-0.39, 0.29) is 6.04 Å². The van der Waals surface area contributed by atoms with Gasteiger partial charge < -0.3 is 10.2 Å². The number of fused-ring (bicyclic) bond motifs is 1. The first-order chi connectivity index (χ1) is 8.74. The monoisotopic (exact) mass is 250 g/mol. The van der Waals surface area contributed by atoms with E-state index in [4.69, 9.17) is 0 Å². The molecule has 102 valence electrons. The van der Waals surface area contributed by atoms with Gasteiger partial charge >= 0.3 is 0 Å². The van der Waals surface area contributed by atoms with E-state index < -0.39 is 0 Å². The first-order valence-electron chi connectivity index (χ1n) is 7.75. The van der Waals surface area contributed by atoms with Crippen molar-refractivity contribution < 1.29 is 4.79 Å². The van der Waals surface area contributed by atoms with E-state index in [1.54, 1.807) is 0 Å². The molecule has 0 aromatic rings. The molecule has 1 saturated heterocycles. The molecule has 3 heteroatoms. The Bertz CT molecular complexity index is 300. The maximum absolute atomic E-state index is 12.4. The Morgan fingerprint density at radius 1 is 1.17 bits per heavy atom. The predicted molar refractivity (Wildman–Crippen MR) is 72.3 cm³/mol. The summed E-state index contributed by atoms with van der Waals surface area (Å²) in [4.78, 5) is 14.4. The molecule has 2 saturated carbocycles. The van der Waals surface area contributed by atoms with Crippen molar-refractivity contribution in [1.29, 1.82) is 0 Å². The molecule has 0 radical (unpaired) electrons. The molecule has 2 aliphatic carbocycles. The van der Waals surface area contributed by atoms with E-state index in [1.165, 1.54) is 44.9 Å². The molecule has 1 amide bonds. The fraction of sp³-hybridized carbons (Fsp3) is 0.933. The van der Waals surface area contributed by atoms with Crippen molar-refractivity contribution in [3.05, 3.63) is 0 Å². The summed E-state index contributed by atoms with van der Waals surface area (Å²) in [6.45, 7) is 0.979. The Hall–Kier alpha value is -0.570. The second-order valence-electron chi connectivity index (χ2n) is 6.62. The third-order valence-corrected chi connectivity index (χ3v) is 5.29. The fourth-order valence-corrected chi connectivity index (χ4v) is 3.93. The average molecular weight is 250 g/mol. The summed E-state index contributed by atoms with van der Waals surface area (Å²) in [6, 6.07) is 0.743. The summed E-state index contributed by atoms with van der Waals surface area (Å²) in [5.41, 5.74) is 0.